The van der Waals surface area contributed by atoms with Crippen LogP contribution in [0.4, 0.5) is 0 Å². The molecule has 2 N–H and O–H groups in total. The Morgan fingerprint density at radius 3 is 2.78 bits per heavy atom. The van der Waals surface area contributed by atoms with E-state index in [2.05, 4.69) is 5.32 Å². The van der Waals surface area contributed by atoms with Crippen molar-refractivity contribution in [1.82, 2.24) is 5.32 Å². The third-order valence-electron chi connectivity index (χ3n) is 3.72. The van der Waals surface area contributed by atoms with E-state index < -0.39 is 11.4 Å². The Hall–Kier alpha value is -1.36. The van der Waals surface area contributed by atoms with Gasteiger partial charge < -0.3 is 10.4 Å². The molecule has 0 aromatic carbocycles. The molecule has 0 aliphatic heterocycles. The SMILES string of the molecule is Cc1ccc(C(=O)NC2CCCC2(C)C(=O)O)s1. The van der Waals surface area contributed by atoms with Gasteiger partial charge in [0.15, 0.2) is 0 Å². The minimum Gasteiger partial charge on any atom is -0.481 e. The van der Waals surface area contributed by atoms with Gasteiger partial charge in [-0.25, -0.2) is 0 Å². The smallest absolute Gasteiger partial charge is 0.311 e. The number of hydrogen-bond donors (Lipinski definition) is 2. The van der Waals surface area contributed by atoms with E-state index in [1.807, 2.05) is 13.0 Å². The van der Waals surface area contributed by atoms with Crippen molar-refractivity contribution in [3.8, 4) is 0 Å². The molecule has 2 atom stereocenters. The summed E-state index contributed by atoms with van der Waals surface area (Å²) >= 11 is 1.43. The number of carboxylic acid groups (broad SMARTS) is 1. The summed E-state index contributed by atoms with van der Waals surface area (Å²) in [7, 11) is 0. The molecule has 4 nitrogen and oxygen atoms in total. The number of thiophene rings is 1. The summed E-state index contributed by atoms with van der Waals surface area (Å²) in [6, 6.07) is 3.40. The average Bonchev–Trinajstić information content (AvgIpc) is 2.87. The molecule has 98 valence electrons. The van der Waals surface area contributed by atoms with Crippen LogP contribution in [0.5, 0.6) is 0 Å². The maximum Gasteiger partial charge on any atom is 0.311 e. The van der Waals surface area contributed by atoms with Crippen molar-refractivity contribution < 1.29 is 14.7 Å². The van der Waals surface area contributed by atoms with Crippen molar-refractivity contribution in [1.29, 1.82) is 0 Å². The van der Waals surface area contributed by atoms with Gasteiger partial charge in [-0.2, -0.15) is 0 Å². The highest BCUT2D eigenvalue weighted by molar-refractivity contribution is 7.13. The molecular weight excluding hydrogens is 250 g/mol. The fraction of sp³-hybridized carbons (Fsp3) is 0.538. The molecule has 1 fully saturated rings. The van der Waals surface area contributed by atoms with Crippen LogP contribution < -0.4 is 5.32 Å². The van der Waals surface area contributed by atoms with Crippen molar-refractivity contribution in [3.63, 3.8) is 0 Å². The number of amides is 1. The predicted molar refractivity (Wildman–Crippen MR) is 69.9 cm³/mol. The van der Waals surface area contributed by atoms with E-state index in [-0.39, 0.29) is 11.9 Å². The zero-order valence-corrected chi connectivity index (χ0v) is 11.3. The van der Waals surface area contributed by atoms with E-state index in [1.165, 1.54) is 11.3 Å². The van der Waals surface area contributed by atoms with Gasteiger partial charge in [0.1, 0.15) is 0 Å². The number of aliphatic carboxylic acids is 1. The summed E-state index contributed by atoms with van der Waals surface area (Å²) in [5, 5.41) is 12.2. The highest BCUT2D eigenvalue weighted by Gasteiger charge is 2.45. The summed E-state index contributed by atoms with van der Waals surface area (Å²) in [4.78, 5) is 25.1. The fourth-order valence-corrected chi connectivity index (χ4v) is 3.21. The van der Waals surface area contributed by atoms with E-state index in [0.717, 1.165) is 17.7 Å². The monoisotopic (exact) mass is 267 g/mol. The first-order chi connectivity index (χ1) is 8.43. The molecule has 1 saturated carbocycles. The van der Waals surface area contributed by atoms with Crippen molar-refractivity contribution in [2.75, 3.05) is 0 Å². The highest BCUT2D eigenvalue weighted by atomic mass is 32.1. The van der Waals surface area contributed by atoms with Gasteiger partial charge >= 0.3 is 5.97 Å². The Balaban J connectivity index is 2.10. The largest absolute Gasteiger partial charge is 0.481 e. The Morgan fingerprint density at radius 2 is 2.22 bits per heavy atom. The Labute approximate surface area is 110 Å². The topological polar surface area (TPSA) is 66.4 Å². The van der Waals surface area contributed by atoms with E-state index in [9.17, 15) is 14.7 Å². The van der Waals surface area contributed by atoms with Gasteiger partial charge in [0.25, 0.3) is 5.91 Å². The Kier molecular flexibility index (Phi) is 3.43. The molecule has 0 bridgehead atoms. The average molecular weight is 267 g/mol. The van der Waals surface area contributed by atoms with Crippen molar-refractivity contribution >= 4 is 23.2 Å². The Bertz CT molecular complexity index is 482. The molecule has 0 saturated heterocycles. The van der Waals surface area contributed by atoms with Crippen LogP contribution in [0.3, 0.4) is 0 Å². The first-order valence-electron chi connectivity index (χ1n) is 6.04. The van der Waals surface area contributed by atoms with Crippen molar-refractivity contribution in [2.45, 2.75) is 39.2 Å². The molecule has 0 radical (unpaired) electrons. The lowest BCUT2D eigenvalue weighted by Crippen LogP contribution is -2.46. The second kappa shape index (κ2) is 4.72. The van der Waals surface area contributed by atoms with Crippen LogP contribution in [0.15, 0.2) is 12.1 Å². The lowest BCUT2D eigenvalue weighted by atomic mass is 9.85. The molecule has 1 aliphatic carbocycles. The van der Waals surface area contributed by atoms with E-state index >= 15 is 0 Å². The van der Waals surface area contributed by atoms with Crippen LogP contribution in [0.2, 0.25) is 0 Å². The van der Waals surface area contributed by atoms with Crippen LogP contribution >= 0.6 is 11.3 Å². The van der Waals surface area contributed by atoms with Gasteiger partial charge in [0.05, 0.1) is 10.3 Å². The van der Waals surface area contributed by atoms with Crippen LogP contribution in [0.25, 0.3) is 0 Å². The molecule has 18 heavy (non-hydrogen) atoms. The van der Waals surface area contributed by atoms with Crippen LogP contribution in [-0.2, 0) is 4.79 Å². The zero-order chi connectivity index (χ0) is 13.3. The van der Waals surface area contributed by atoms with Gasteiger partial charge in [-0.1, -0.05) is 6.42 Å². The number of rotatable bonds is 3. The number of nitrogens with one attached hydrogen (secondary N) is 1. The van der Waals surface area contributed by atoms with Crippen LogP contribution in [0, 0.1) is 12.3 Å². The first-order valence-corrected chi connectivity index (χ1v) is 6.86. The molecule has 1 aromatic rings. The number of carboxylic acids is 1. The predicted octanol–water partition coefficient (Wildman–Crippen LogP) is 2.43. The number of carbonyl (C=O) groups excluding carboxylic acids is 1. The number of aryl methyl sites for hydroxylation is 1. The third-order valence-corrected chi connectivity index (χ3v) is 4.72. The summed E-state index contributed by atoms with van der Waals surface area (Å²) in [6.45, 7) is 3.66. The Morgan fingerprint density at radius 1 is 1.50 bits per heavy atom. The molecular formula is C13H17NO3S. The third kappa shape index (κ3) is 2.27. The van der Waals surface area contributed by atoms with E-state index in [1.54, 1.807) is 13.0 Å². The number of hydrogen-bond acceptors (Lipinski definition) is 3. The lowest BCUT2D eigenvalue weighted by molar-refractivity contribution is -0.148. The second-order valence-corrected chi connectivity index (χ2v) is 6.34. The molecule has 1 heterocycles. The van der Waals surface area contributed by atoms with Gasteiger partial charge in [-0.15, -0.1) is 11.3 Å². The number of carbonyl (C=O) groups is 2. The molecule has 2 rings (SSSR count). The van der Waals surface area contributed by atoms with Gasteiger partial charge in [0.2, 0.25) is 0 Å². The fourth-order valence-electron chi connectivity index (χ4n) is 2.44. The zero-order valence-electron chi connectivity index (χ0n) is 10.5. The molecule has 0 spiro atoms. The van der Waals surface area contributed by atoms with Crippen LogP contribution in [-0.4, -0.2) is 23.0 Å². The van der Waals surface area contributed by atoms with Gasteiger partial charge in [0, 0.05) is 10.9 Å². The standard InChI is InChI=1S/C13H17NO3S/c1-8-5-6-9(18-8)11(15)14-10-4-3-7-13(10,2)12(16)17/h5-6,10H,3-4,7H2,1-2H3,(H,14,15)(H,16,17). The quantitative estimate of drug-likeness (QED) is 0.884. The first kappa shape index (κ1) is 13.1. The van der Waals surface area contributed by atoms with Crippen molar-refractivity contribution in [3.05, 3.63) is 21.9 Å². The molecule has 5 heteroatoms. The van der Waals surface area contributed by atoms with E-state index in [4.69, 9.17) is 0 Å². The maximum atomic E-state index is 12.0. The molecule has 1 amide bonds. The normalized spacial score (nSPS) is 27.1. The molecule has 2 unspecified atom stereocenters. The van der Waals surface area contributed by atoms with Gasteiger partial charge in [-0.3, -0.25) is 9.59 Å². The minimum absolute atomic E-state index is 0.160. The summed E-state index contributed by atoms with van der Waals surface area (Å²) in [5.41, 5.74) is -0.831. The minimum atomic E-state index is -0.831. The summed E-state index contributed by atoms with van der Waals surface area (Å²) in [6.07, 6.45) is 2.20. The van der Waals surface area contributed by atoms with Gasteiger partial charge in [-0.05, 0) is 38.8 Å². The van der Waals surface area contributed by atoms with Crippen LogP contribution in [0.1, 0.15) is 40.7 Å². The summed E-state index contributed by atoms with van der Waals surface area (Å²) < 4.78 is 0. The van der Waals surface area contributed by atoms with E-state index in [0.29, 0.717) is 11.3 Å². The lowest BCUT2D eigenvalue weighted by Gasteiger charge is -2.27. The second-order valence-electron chi connectivity index (χ2n) is 5.05. The maximum absolute atomic E-state index is 12.0. The molecule has 1 aliphatic rings. The van der Waals surface area contributed by atoms with Crippen molar-refractivity contribution in [2.24, 2.45) is 5.41 Å². The summed E-state index contributed by atoms with van der Waals surface area (Å²) in [5.74, 6) is -0.986. The molecule has 1 aromatic heterocycles. The highest BCUT2D eigenvalue weighted by Crippen LogP contribution is 2.38.